The minimum absolute atomic E-state index is 0.238. The van der Waals surface area contributed by atoms with Crippen LogP contribution in [0.15, 0.2) is 47.1 Å². The van der Waals surface area contributed by atoms with E-state index in [4.69, 9.17) is 14.1 Å². The number of aromatic nitrogens is 1. The van der Waals surface area contributed by atoms with E-state index in [1.54, 1.807) is 6.26 Å². The fraction of sp³-hybridized carbons (Fsp3) is 0.261. The second-order valence-corrected chi connectivity index (χ2v) is 7.43. The molecule has 1 saturated carbocycles. The number of amides is 1. The molecule has 2 heterocycles. The van der Waals surface area contributed by atoms with Crippen molar-refractivity contribution in [1.82, 2.24) is 10.3 Å². The third-order valence-corrected chi connectivity index (χ3v) is 5.28. The lowest BCUT2D eigenvalue weighted by molar-refractivity contribution is -0.124. The van der Waals surface area contributed by atoms with Gasteiger partial charge in [-0.1, -0.05) is 18.2 Å². The van der Waals surface area contributed by atoms with Crippen molar-refractivity contribution >= 4 is 34.4 Å². The van der Waals surface area contributed by atoms with Crippen molar-refractivity contribution in [2.75, 3.05) is 6.61 Å². The second kappa shape index (κ2) is 7.20. The molecule has 5 rings (SSSR count). The zero-order valence-corrected chi connectivity index (χ0v) is 15.8. The van der Waals surface area contributed by atoms with Crippen LogP contribution in [-0.2, 0) is 16.0 Å². The lowest BCUT2D eigenvalue weighted by Gasteiger charge is -2.12. The number of nitrogens with zero attached hydrogens (tertiary/aromatic N) is 1. The Morgan fingerprint density at radius 2 is 2.03 bits per heavy atom. The standard InChI is InChI=1S/C23H20N2O4/c26-20(24-15-8-9-15)13-29-23(27)21-17-5-1-2-6-19(17)25-22-14(7-10-18(21)22)12-16-4-3-11-28-16/h1-6,11-12,15H,7-10,13H2,(H,24,26). The lowest BCUT2D eigenvalue weighted by atomic mass is 10.0. The topological polar surface area (TPSA) is 81.4 Å². The quantitative estimate of drug-likeness (QED) is 0.673. The number of benzene rings is 1. The van der Waals surface area contributed by atoms with Gasteiger partial charge in [-0.25, -0.2) is 9.78 Å². The summed E-state index contributed by atoms with van der Waals surface area (Å²) in [6.45, 7) is -0.268. The average Bonchev–Trinajstić information content (AvgIpc) is 3.22. The van der Waals surface area contributed by atoms with Gasteiger partial charge >= 0.3 is 5.97 Å². The summed E-state index contributed by atoms with van der Waals surface area (Å²) in [7, 11) is 0. The van der Waals surface area contributed by atoms with E-state index in [1.165, 1.54) is 0 Å². The lowest BCUT2D eigenvalue weighted by Crippen LogP contribution is -2.30. The Morgan fingerprint density at radius 1 is 1.17 bits per heavy atom. The van der Waals surface area contributed by atoms with E-state index in [0.717, 1.165) is 52.8 Å². The molecule has 2 aliphatic rings. The Labute approximate surface area is 167 Å². The first-order chi connectivity index (χ1) is 14.2. The smallest absolute Gasteiger partial charge is 0.339 e. The number of carbonyl (C=O) groups excluding carboxylic acids is 2. The molecule has 6 nitrogen and oxygen atoms in total. The monoisotopic (exact) mass is 388 g/mol. The van der Waals surface area contributed by atoms with Crippen molar-refractivity contribution in [1.29, 1.82) is 0 Å². The molecule has 146 valence electrons. The molecule has 1 aromatic carbocycles. The van der Waals surface area contributed by atoms with Crippen LogP contribution < -0.4 is 5.32 Å². The zero-order valence-electron chi connectivity index (χ0n) is 15.8. The van der Waals surface area contributed by atoms with E-state index in [2.05, 4.69) is 5.32 Å². The summed E-state index contributed by atoms with van der Waals surface area (Å²) in [5.41, 5.74) is 3.94. The predicted octanol–water partition coefficient (Wildman–Crippen LogP) is 3.75. The predicted molar refractivity (Wildman–Crippen MR) is 108 cm³/mol. The molecule has 1 N–H and O–H groups in total. The van der Waals surface area contributed by atoms with Gasteiger partial charge in [0.25, 0.3) is 5.91 Å². The Kier molecular flexibility index (Phi) is 4.39. The van der Waals surface area contributed by atoms with Crippen molar-refractivity contribution in [2.24, 2.45) is 0 Å². The molecular formula is C23H20N2O4. The fourth-order valence-electron chi connectivity index (χ4n) is 3.76. The maximum atomic E-state index is 13.0. The number of rotatable bonds is 5. The summed E-state index contributed by atoms with van der Waals surface area (Å²) in [6.07, 6.45) is 7.04. The number of fused-ring (bicyclic) bond motifs is 2. The highest BCUT2D eigenvalue weighted by Gasteiger charge is 2.29. The number of nitrogens with one attached hydrogen (secondary N) is 1. The van der Waals surface area contributed by atoms with Crippen molar-refractivity contribution < 1.29 is 18.7 Å². The van der Waals surface area contributed by atoms with Crippen LogP contribution in [0.2, 0.25) is 0 Å². The van der Waals surface area contributed by atoms with Crippen LogP contribution in [0.3, 0.4) is 0 Å². The van der Waals surface area contributed by atoms with Gasteiger partial charge in [0.15, 0.2) is 6.61 Å². The van der Waals surface area contributed by atoms with Gasteiger partial charge in [-0.15, -0.1) is 0 Å². The molecule has 6 heteroatoms. The molecule has 0 unspecified atom stereocenters. The third-order valence-electron chi connectivity index (χ3n) is 5.28. The molecule has 3 aromatic rings. The Balaban J connectivity index is 1.50. The minimum Gasteiger partial charge on any atom is -0.465 e. The van der Waals surface area contributed by atoms with Gasteiger partial charge in [0.05, 0.1) is 23.0 Å². The van der Waals surface area contributed by atoms with Crippen LogP contribution in [0, 0.1) is 0 Å². The molecule has 0 bridgehead atoms. The van der Waals surface area contributed by atoms with Gasteiger partial charge in [0, 0.05) is 11.4 Å². The van der Waals surface area contributed by atoms with Crippen LogP contribution in [0.25, 0.3) is 22.6 Å². The van der Waals surface area contributed by atoms with Crippen LogP contribution in [-0.4, -0.2) is 29.5 Å². The summed E-state index contributed by atoms with van der Waals surface area (Å²) in [5.74, 6) is 0.0167. The highest BCUT2D eigenvalue weighted by atomic mass is 16.5. The Hall–Kier alpha value is -3.41. The van der Waals surface area contributed by atoms with Gasteiger partial charge in [-0.3, -0.25) is 4.79 Å². The summed E-state index contributed by atoms with van der Waals surface area (Å²) in [4.78, 5) is 29.7. The number of hydrogen-bond acceptors (Lipinski definition) is 5. The molecule has 0 saturated heterocycles. The van der Waals surface area contributed by atoms with Crippen molar-refractivity contribution in [2.45, 2.75) is 31.7 Å². The van der Waals surface area contributed by atoms with Crippen LogP contribution in [0.5, 0.6) is 0 Å². The van der Waals surface area contributed by atoms with E-state index in [-0.39, 0.29) is 18.6 Å². The molecule has 2 aromatic heterocycles. The summed E-state index contributed by atoms with van der Waals surface area (Å²) >= 11 is 0. The first kappa shape index (κ1) is 17.7. The van der Waals surface area contributed by atoms with Gasteiger partial charge in [-0.05, 0) is 61.1 Å². The number of furan rings is 1. The molecule has 0 radical (unpaired) electrons. The van der Waals surface area contributed by atoms with E-state index < -0.39 is 5.97 Å². The largest absolute Gasteiger partial charge is 0.465 e. The number of allylic oxidation sites excluding steroid dienone is 1. The summed E-state index contributed by atoms with van der Waals surface area (Å²) < 4.78 is 10.8. The van der Waals surface area contributed by atoms with E-state index in [0.29, 0.717) is 12.0 Å². The molecule has 2 aliphatic carbocycles. The molecule has 0 aliphatic heterocycles. The number of para-hydroxylation sites is 1. The fourth-order valence-corrected chi connectivity index (χ4v) is 3.76. The normalized spacial score (nSPS) is 16.8. The van der Waals surface area contributed by atoms with Crippen LogP contribution >= 0.6 is 0 Å². The molecular weight excluding hydrogens is 368 g/mol. The Morgan fingerprint density at radius 3 is 2.83 bits per heavy atom. The number of carbonyl (C=O) groups is 2. The highest BCUT2D eigenvalue weighted by molar-refractivity contribution is 6.07. The first-order valence-corrected chi connectivity index (χ1v) is 9.81. The van der Waals surface area contributed by atoms with Crippen molar-refractivity contribution in [3.63, 3.8) is 0 Å². The SMILES string of the molecule is O=C(COC(=O)c1c2c(nc3ccccc13)C(=Cc1ccco1)CC2)NC1CC1. The van der Waals surface area contributed by atoms with Crippen molar-refractivity contribution in [3.05, 3.63) is 65.2 Å². The number of ether oxygens (including phenoxy) is 1. The second-order valence-electron chi connectivity index (χ2n) is 7.43. The number of pyridine rings is 1. The summed E-state index contributed by atoms with van der Waals surface area (Å²) in [5, 5.41) is 3.58. The zero-order chi connectivity index (χ0) is 19.8. The molecule has 1 fully saturated rings. The molecule has 29 heavy (non-hydrogen) atoms. The maximum absolute atomic E-state index is 13.0. The van der Waals surface area contributed by atoms with Crippen molar-refractivity contribution in [3.8, 4) is 0 Å². The van der Waals surface area contributed by atoms with Gasteiger partial charge in [-0.2, -0.15) is 0 Å². The summed E-state index contributed by atoms with van der Waals surface area (Å²) in [6, 6.07) is 11.5. The first-order valence-electron chi connectivity index (χ1n) is 9.81. The Bertz CT molecular complexity index is 1130. The van der Waals surface area contributed by atoms with Crippen LogP contribution in [0.1, 0.15) is 46.6 Å². The van der Waals surface area contributed by atoms with E-state index >= 15 is 0 Å². The number of esters is 1. The maximum Gasteiger partial charge on any atom is 0.339 e. The average molecular weight is 388 g/mol. The van der Waals surface area contributed by atoms with Gasteiger partial charge < -0.3 is 14.5 Å². The van der Waals surface area contributed by atoms with Crippen LogP contribution in [0.4, 0.5) is 0 Å². The molecule has 1 amide bonds. The number of hydrogen-bond donors (Lipinski definition) is 1. The molecule has 0 spiro atoms. The minimum atomic E-state index is -0.481. The molecule has 0 atom stereocenters. The van der Waals surface area contributed by atoms with E-state index in [1.807, 2.05) is 42.5 Å². The third kappa shape index (κ3) is 3.53. The van der Waals surface area contributed by atoms with Gasteiger partial charge in [0.2, 0.25) is 0 Å². The van der Waals surface area contributed by atoms with E-state index in [9.17, 15) is 9.59 Å². The van der Waals surface area contributed by atoms with Gasteiger partial charge in [0.1, 0.15) is 5.76 Å². The highest BCUT2D eigenvalue weighted by Crippen LogP contribution is 2.37.